The number of aromatic nitrogens is 2. The fraction of sp³-hybridized carbons (Fsp3) is 0.407. The zero-order valence-corrected chi connectivity index (χ0v) is 22.1. The van der Waals surface area contributed by atoms with Crippen LogP contribution in [-0.2, 0) is 25.9 Å². The van der Waals surface area contributed by atoms with Gasteiger partial charge in [0.05, 0.1) is 13.2 Å². The lowest BCUT2D eigenvalue weighted by Crippen LogP contribution is -2.23. The van der Waals surface area contributed by atoms with Crippen molar-refractivity contribution >= 4 is 35.6 Å². The molecule has 188 valence electrons. The number of nitrogens with zero attached hydrogens (tertiary/aromatic N) is 2. The van der Waals surface area contributed by atoms with Crippen molar-refractivity contribution in [2.24, 2.45) is 5.92 Å². The number of ether oxygens (including phenoxy) is 1. The maximum absolute atomic E-state index is 13.1. The Hall–Kier alpha value is -2.54. The molecule has 1 aliphatic rings. The number of fused-ring (bicyclic) bond motifs is 1. The Morgan fingerprint density at radius 3 is 2.80 bits per heavy atom. The summed E-state index contributed by atoms with van der Waals surface area (Å²) in [5, 5.41) is 11.7. The average Bonchev–Trinajstić information content (AvgIpc) is 3.21. The van der Waals surface area contributed by atoms with Crippen LogP contribution in [0.1, 0.15) is 60.1 Å². The van der Waals surface area contributed by atoms with Crippen LogP contribution in [0.3, 0.4) is 0 Å². The van der Waals surface area contributed by atoms with Gasteiger partial charge in [-0.1, -0.05) is 44.9 Å². The van der Waals surface area contributed by atoms with E-state index >= 15 is 0 Å². The Kier molecular flexibility index (Phi) is 9.61. The first kappa shape index (κ1) is 27.1. The van der Waals surface area contributed by atoms with Gasteiger partial charge in [0.1, 0.15) is 5.75 Å². The largest absolute Gasteiger partial charge is 0.493 e. The summed E-state index contributed by atoms with van der Waals surface area (Å²) < 4.78 is 7.91. The quantitative estimate of drug-likeness (QED) is 0.371. The van der Waals surface area contributed by atoms with E-state index in [9.17, 15) is 4.79 Å². The van der Waals surface area contributed by atoms with E-state index < -0.39 is 0 Å². The van der Waals surface area contributed by atoms with Gasteiger partial charge in [0.25, 0.3) is 5.91 Å². The van der Waals surface area contributed by atoms with Crippen LogP contribution in [-0.4, -0.2) is 28.8 Å². The highest BCUT2D eigenvalue weighted by Crippen LogP contribution is 2.26. The van der Waals surface area contributed by atoms with E-state index in [1.54, 1.807) is 0 Å². The molecule has 0 spiro atoms. The van der Waals surface area contributed by atoms with Crippen molar-refractivity contribution in [3.05, 3.63) is 75.6 Å². The molecule has 0 saturated carbocycles. The number of rotatable bonds is 9. The van der Waals surface area contributed by atoms with Crippen LogP contribution in [0.15, 0.2) is 42.5 Å². The molecule has 0 radical (unpaired) electrons. The van der Waals surface area contributed by atoms with Crippen LogP contribution in [0, 0.1) is 5.92 Å². The molecule has 2 heterocycles. The van der Waals surface area contributed by atoms with Crippen LogP contribution in [0.5, 0.6) is 5.75 Å². The number of amides is 1. The Labute approximate surface area is 218 Å². The molecule has 0 unspecified atom stereocenters. The van der Waals surface area contributed by atoms with Crippen LogP contribution in [0.4, 0.5) is 5.69 Å². The summed E-state index contributed by atoms with van der Waals surface area (Å²) in [6.45, 7) is 9.31. The monoisotopic (exact) mass is 516 g/mol. The molecule has 35 heavy (non-hydrogen) atoms. The normalized spacial score (nSPS) is 12.7. The second-order valence-electron chi connectivity index (χ2n) is 9.25. The second-order valence-corrected chi connectivity index (χ2v) is 9.69. The van der Waals surface area contributed by atoms with E-state index in [1.165, 1.54) is 11.1 Å². The van der Waals surface area contributed by atoms with Crippen molar-refractivity contribution in [3.63, 3.8) is 0 Å². The smallest absolute Gasteiger partial charge is 0.276 e. The van der Waals surface area contributed by atoms with E-state index in [1.807, 2.05) is 35.0 Å². The summed E-state index contributed by atoms with van der Waals surface area (Å²) in [6.07, 6.45) is 2.75. The van der Waals surface area contributed by atoms with Crippen LogP contribution < -0.4 is 15.4 Å². The molecule has 0 fully saturated rings. The fourth-order valence-electron chi connectivity index (χ4n) is 4.14. The molecule has 1 aliphatic heterocycles. The third-order valence-electron chi connectivity index (χ3n) is 5.87. The number of halogens is 2. The number of aryl methyl sites for hydroxylation is 1. The third-order valence-corrected chi connectivity index (χ3v) is 6.10. The summed E-state index contributed by atoms with van der Waals surface area (Å²) in [7, 11) is 0. The van der Waals surface area contributed by atoms with Crippen molar-refractivity contribution in [2.45, 2.75) is 53.1 Å². The lowest BCUT2D eigenvalue weighted by molar-refractivity contribution is 0.102. The summed E-state index contributed by atoms with van der Waals surface area (Å²) >= 11 is 6.29. The Balaban J connectivity index is 0.00000342. The van der Waals surface area contributed by atoms with E-state index in [0.717, 1.165) is 55.0 Å². The van der Waals surface area contributed by atoms with Crippen molar-refractivity contribution in [2.75, 3.05) is 18.5 Å². The van der Waals surface area contributed by atoms with E-state index in [-0.39, 0.29) is 18.3 Å². The third kappa shape index (κ3) is 7.00. The van der Waals surface area contributed by atoms with Gasteiger partial charge < -0.3 is 15.4 Å². The molecule has 3 aromatic rings. The number of carbonyl (C=O) groups excluding carboxylic acids is 1. The maximum Gasteiger partial charge on any atom is 0.276 e. The van der Waals surface area contributed by atoms with E-state index in [0.29, 0.717) is 29.8 Å². The van der Waals surface area contributed by atoms with Gasteiger partial charge in [-0.2, -0.15) is 5.10 Å². The minimum absolute atomic E-state index is 0. The van der Waals surface area contributed by atoms with Crippen LogP contribution >= 0.6 is 24.0 Å². The molecule has 0 aliphatic carbocycles. The summed E-state index contributed by atoms with van der Waals surface area (Å²) in [5.41, 5.74) is 5.74. The van der Waals surface area contributed by atoms with Gasteiger partial charge in [-0.25, -0.2) is 0 Å². The molecule has 0 saturated heterocycles. The van der Waals surface area contributed by atoms with Gasteiger partial charge in [0.2, 0.25) is 0 Å². The van der Waals surface area contributed by atoms with Crippen molar-refractivity contribution in [3.8, 4) is 5.75 Å². The SMILES string of the molecule is CCCc1cc(C(=O)Nc2ccc3c(c2)CCNC3)nn1Cc1cc(Cl)ccc1OCC(C)C.Cl. The maximum atomic E-state index is 13.1. The topological polar surface area (TPSA) is 68.2 Å². The first-order valence-corrected chi connectivity index (χ1v) is 12.4. The molecule has 2 N–H and O–H groups in total. The summed E-state index contributed by atoms with van der Waals surface area (Å²) in [6, 6.07) is 13.7. The van der Waals surface area contributed by atoms with E-state index in [2.05, 4.69) is 48.6 Å². The minimum atomic E-state index is -0.202. The van der Waals surface area contributed by atoms with Gasteiger partial charge in [-0.05, 0) is 72.8 Å². The van der Waals surface area contributed by atoms with Crippen LogP contribution in [0.2, 0.25) is 5.02 Å². The lowest BCUT2D eigenvalue weighted by atomic mass is 10.0. The molecule has 1 amide bonds. The Morgan fingerprint density at radius 2 is 2.03 bits per heavy atom. The zero-order chi connectivity index (χ0) is 24.1. The molecule has 1 aromatic heterocycles. The standard InChI is InChI=1S/C27H33ClN4O2.ClH/c1-4-5-24-14-25(27(33)30-23-8-6-20-15-29-11-10-19(20)13-23)31-32(24)16-21-12-22(28)7-9-26(21)34-17-18(2)3;/h6-9,12-14,18,29H,4-5,10-11,15-17H2,1-3H3,(H,30,33);1H. The number of benzene rings is 2. The summed E-state index contributed by atoms with van der Waals surface area (Å²) in [4.78, 5) is 13.1. The van der Waals surface area contributed by atoms with Gasteiger partial charge >= 0.3 is 0 Å². The first-order chi connectivity index (χ1) is 16.4. The first-order valence-electron chi connectivity index (χ1n) is 12.0. The summed E-state index contributed by atoms with van der Waals surface area (Å²) in [5.74, 6) is 1.01. The molecular weight excluding hydrogens is 483 g/mol. The molecule has 2 aromatic carbocycles. The Bertz CT molecular complexity index is 1160. The number of hydrogen-bond acceptors (Lipinski definition) is 4. The lowest BCUT2D eigenvalue weighted by Gasteiger charge is -2.17. The highest BCUT2D eigenvalue weighted by molar-refractivity contribution is 6.30. The molecule has 6 nitrogen and oxygen atoms in total. The highest BCUT2D eigenvalue weighted by atomic mass is 35.5. The highest BCUT2D eigenvalue weighted by Gasteiger charge is 2.17. The van der Waals surface area contributed by atoms with Gasteiger partial charge in [0.15, 0.2) is 5.69 Å². The van der Waals surface area contributed by atoms with Crippen molar-refractivity contribution in [1.82, 2.24) is 15.1 Å². The number of carbonyl (C=O) groups is 1. The van der Waals surface area contributed by atoms with Gasteiger partial charge in [-0.15, -0.1) is 12.4 Å². The molecular formula is C27H34Cl2N4O2. The zero-order valence-electron chi connectivity index (χ0n) is 20.6. The molecule has 0 bridgehead atoms. The molecule has 4 rings (SSSR count). The van der Waals surface area contributed by atoms with E-state index in [4.69, 9.17) is 16.3 Å². The number of nitrogens with one attached hydrogen (secondary N) is 2. The van der Waals surface area contributed by atoms with Gasteiger partial charge in [0, 0.05) is 28.5 Å². The van der Waals surface area contributed by atoms with Crippen LogP contribution in [0.25, 0.3) is 0 Å². The second kappa shape index (κ2) is 12.4. The van der Waals surface area contributed by atoms with Gasteiger partial charge in [-0.3, -0.25) is 9.48 Å². The fourth-order valence-corrected chi connectivity index (χ4v) is 4.34. The Morgan fingerprint density at radius 1 is 1.20 bits per heavy atom. The molecule has 0 atom stereocenters. The predicted octanol–water partition coefficient (Wildman–Crippen LogP) is 5.89. The average molecular weight is 518 g/mol. The minimum Gasteiger partial charge on any atom is -0.493 e. The number of anilines is 1. The number of hydrogen-bond donors (Lipinski definition) is 2. The molecule has 8 heteroatoms. The van der Waals surface area contributed by atoms with Crippen molar-refractivity contribution in [1.29, 1.82) is 0 Å². The predicted molar refractivity (Wildman–Crippen MR) is 144 cm³/mol. The van der Waals surface area contributed by atoms with Crippen molar-refractivity contribution < 1.29 is 9.53 Å².